The van der Waals surface area contributed by atoms with Crippen LogP contribution in [-0.4, -0.2) is 4.98 Å². The molecule has 1 aromatic carbocycles. The van der Waals surface area contributed by atoms with Gasteiger partial charge < -0.3 is 0 Å². The third kappa shape index (κ3) is 3.19. The van der Waals surface area contributed by atoms with Crippen LogP contribution in [0.4, 0.5) is 0 Å². The van der Waals surface area contributed by atoms with Gasteiger partial charge in [0.1, 0.15) is 0 Å². The first-order chi connectivity index (χ1) is 8.45. The average molecular weight is 239 g/mol. The molecule has 0 N–H and O–H groups in total. The van der Waals surface area contributed by atoms with Crippen molar-refractivity contribution in [2.45, 2.75) is 39.5 Å². The summed E-state index contributed by atoms with van der Waals surface area (Å²) in [6, 6.07) is 13.1. The lowest BCUT2D eigenvalue weighted by atomic mass is 9.86. The van der Waals surface area contributed by atoms with Gasteiger partial charge in [-0.25, -0.2) is 0 Å². The molecule has 0 bridgehead atoms. The molecule has 2 rings (SSSR count). The summed E-state index contributed by atoms with van der Waals surface area (Å²) in [4.78, 5) is 4.44. The Balaban J connectivity index is 2.13. The van der Waals surface area contributed by atoms with E-state index in [-0.39, 0.29) is 5.41 Å². The summed E-state index contributed by atoms with van der Waals surface area (Å²) in [6.45, 7) is 8.78. The molecule has 1 heteroatoms. The van der Waals surface area contributed by atoms with Crippen LogP contribution in [0.25, 0.3) is 0 Å². The van der Waals surface area contributed by atoms with Crippen LogP contribution >= 0.6 is 0 Å². The van der Waals surface area contributed by atoms with Gasteiger partial charge in [0, 0.05) is 18.3 Å². The number of pyridine rings is 1. The fraction of sp³-hybridized carbons (Fsp3) is 0.353. The molecule has 94 valence electrons. The van der Waals surface area contributed by atoms with E-state index in [2.05, 4.69) is 69.1 Å². The minimum Gasteiger partial charge on any atom is -0.261 e. The van der Waals surface area contributed by atoms with E-state index in [1.54, 1.807) is 0 Å². The highest BCUT2D eigenvalue weighted by molar-refractivity contribution is 5.30. The van der Waals surface area contributed by atoms with Crippen LogP contribution in [-0.2, 0) is 11.8 Å². The van der Waals surface area contributed by atoms with Crippen molar-refractivity contribution in [3.63, 3.8) is 0 Å². The Morgan fingerprint density at radius 3 is 2.11 bits per heavy atom. The van der Waals surface area contributed by atoms with Gasteiger partial charge in [-0.3, -0.25) is 4.98 Å². The van der Waals surface area contributed by atoms with Crippen LogP contribution in [0.1, 0.15) is 43.2 Å². The highest BCUT2D eigenvalue weighted by Crippen LogP contribution is 2.22. The molecular formula is C17H21N. The van der Waals surface area contributed by atoms with E-state index in [0.717, 1.165) is 12.1 Å². The molecule has 0 aliphatic rings. The van der Waals surface area contributed by atoms with Gasteiger partial charge in [0.15, 0.2) is 0 Å². The summed E-state index contributed by atoms with van der Waals surface area (Å²) < 4.78 is 0. The molecule has 2 aromatic rings. The van der Waals surface area contributed by atoms with Crippen molar-refractivity contribution in [2.24, 2.45) is 0 Å². The van der Waals surface area contributed by atoms with Gasteiger partial charge in [-0.1, -0.05) is 51.1 Å². The van der Waals surface area contributed by atoms with Gasteiger partial charge in [-0.15, -0.1) is 0 Å². The lowest BCUT2D eigenvalue weighted by molar-refractivity contribution is 0.590. The zero-order valence-corrected chi connectivity index (χ0v) is 11.7. The minimum absolute atomic E-state index is 0.223. The molecule has 0 saturated carbocycles. The smallest absolute Gasteiger partial charge is 0.0447 e. The number of rotatable bonds is 2. The Kier molecular flexibility index (Phi) is 3.51. The lowest BCUT2D eigenvalue weighted by Gasteiger charge is -2.19. The van der Waals surface area contributed by atoms with Gasteiger partial charge in [0.05, 0.1) is 0 Å². The van der Waals surface area contributed by atoms with E-state index in [0.29, 0.717) is 0 Å². The van der Waals surface area contributed by atoms with Crippen LogP contribution in [0.5, 0.6) is 0 Å². The second-order valence-electron chi connectivity index (χ2n) is 5.95. The summed E-state index contributed by atoms with van der Waals surface area (Å²) in [5.74, 6) is 0. The first-order valence-electron chi connectivity index (χ1n) is 6.46. The highest BCUT2D eigenvalue weighted by Gasteiger charge is 2.12. The molecule has 1 aromatic heterocycles. The molecule has 0 fully saturated rings. The molecule has 18 heavy (non-hydrogen) atoms. The van der Waals surface area contributed by atoms with E-state index >= 15 is 0 Å². The van der Waals surface area contributed by atoms with Gasteiger partial charge >= 0.3 is 0 Å². The number of hydrogen-bond acceptors (Lipinski definition) is 1. The molecule has 0 amide bonds. The second kappa shape index (κ2) is 4.93. The molecule has 0 atom stereocenters. The van der Waals surface area contributed by atoms with Crippen molar-refractivity contribution in [3.05, 3.63) is 65.0 Å². The van der Waals surface area contributed by atoms with Crippen LogP contribution in [0.15, 0.2) is 42.6 Å². The number of aryl methyl sites for hydroxylation is 1. The SMILES string of the molecule is Cc1ccc(Cc2ccc(C(C)(C)C)cc2)nc1. The molecule has 0 unspecified atom stereocenters. The van der Waals surface area contributed by atoms with Gasteiger partial charge in [-0.05, 0) is 35.1 Å². The maximum Gasteiger partial charge on any atom is 0.0447 e. The van der Waals surface area contributed by atoms with Crippen LogP contribution in [0.2, 0.25) is 0 Å². The van der Waals surface area contributed by atoms with Crippen molar-refractivity contribution in [2.75, 3.05) is 0 Å². The first-order valence-corrected chi connectivity index (χ1v) is 6.46. The molecule has 0 aliphatic heterocycles. The molecule has 0 spiro atoms. The Morgan fingerprint density at radius 1 is 0.944 bits per heavy atom. The first kappa shape index (κ1) is 12.8. The number of benzene rings is 1. The Bertz CT molecular complexity index is 501. The fourth-order valence-corrected chi connectivity index (χ4v) is 1.93. The van der Waals surface area contributed by atoms with Crippen molar-refractivity contribution >= 4 is 0 Å². The fourth-order valence-electron chi connectivity index (χ4n) is 1.93. The third-order valence-corrected chi connectivity index (χ3v) is 3.18. The summed E-state index contributed by atoms with van der Waals surface area (Å²) >= 11 is 0. The third-order valence-electron chi connectivity index (χ3n) is 3.18. The summed E-state index contributed by atoms with van der Waals surface area (Å²) in [7, 11) is 0. The van der Waals surface area contributed by atoms with Crippen molar-refractivity contribution in [3.8, 4) is 0 Å². The Labute approximate surface area is 110 Å². The lowest BCUT2D eigenvalue weighted by Crippen LogP contribution is -2.10. The monoisotopic (exact) mass is 239 g/mol. The van der Waals surface area contributed by atoms with E-state index in [4.69, 9.17) is 0 Å². The molecule has 0 saturated heterocycles. The van der Waals surface area contributed by atoms with Crippen LogP contribution in [0, 0.1) is 6.92 Å². The van der Waals surface area contributed by atoms with E-state index in [1.807, 2.05) is 6.20 Å². The number of nitrogens with zero attached hydrogens (tertiary/aromatic N) is 1. The molecule has 0 aliphatic carbocycles. The standard InChI is InChI=1S/C17H21N/c1-13-5-10-16(18-12-13)11-14-6-8-15(9-7-14)17(2,3)4/h5-10,12H,11H2,1-4H3. The summed E-state index contributed by atoms with van der Waals surface area (Å²) in [5.41, 5.74) is 5.26. The molecule has 0 radical (unpaired) electrons. The Hall–Kier alpha value is -1.63. The normalized spacial score (nSPS) is 11.6. The van der Waals surface area contributed by atoms with Crippen LogP contribution in [0.3, 0.4) is 0 Å². The van der Waals surface area contributed by atoms with Gasteiger partial charge in [0.2, 0.25) is 0 Å². The predicted octanol–water partition coefficient (Wildman–Crippen LogP) is 4.28. The largest absolute Gasteiger partial charge is 0.261 e. The minimum atomic E-state index is 0.223. The zero-order valence-electron chi connectivity index (χ0n) is 11.7. The quantitative estimate of drug-likeness (QED) is 0.762. The second-order valence-corrected chi connectivity index (χ2v) is 5.95. The molecule has 1 heterocycles. The maximum absolute atomic E-state index is 4.44. The van der Waals surface area contributed by atoms with Crippen molar-refractivity contribution in [1.29, 1.82) is 0 Å². The number of aromatic nitrogens is 1. The van der Waals surface area contributed by atoms with Gasteiger partial charge in [0.25, 0.3) is 0 Å². The number of hydrogen-bond donors (Lipinski definition) is 0. The Morgan fingerprint density at radius 2 is 1.61 bits per heavy atom. The summed E-state index contributed by atoms with van der Waals surface area (Å²) in [6.07, 6.45) is 2.84. The van der Waals surface area contributed by atoms with Crippen molar-refractivity contribution in [1.82, 2.24) is 4.98 Å². The molecule has 1 nitrogen and oxygen atoms in total. The topological polar surface area (TPSA) is 12.9 Å². The van der Waals surface area contributed by atoms with Crippen LogP contribution < -0.4 is 0 Å². The predicted molar refractivity (Wildman–Crippen MR) is 76.9 cm³/mol. The van der Waals surface area contributed by atoms with Gasteiger partial charge in [-0.2, -0.15) is 0 Å². The zero-order chi connectivity index (χ0) is 13.2. The van der Waals surface area contributed by atoms with E-state index in [1.165, 1.54) is 16.7 Å². The average Bonchev–Trinajstić information content (AvgIpc) is 2.32. The van der Waals surface area contributed by atoms with Crippen molar-refractivity contribution < 1.29 is 0 Å². The van der Waals surface area contributed by atoms with E-state index in [9.17, 15) is 0 Å². The maximum atomic E-state index is 4.44. The summed E-state index contributed by atoms with van der Waals surface area (Å²) in [5, 5.41) is 0. The molecular weight excluding hydrogens is 218 g/mol. The van der Waals surface area contributed by atoms with E-state index < -0.39 is 0 Å². The highest BCUT2D eigenvalue weighted by atomic mass is 14.7.